The average Bonchev–Trinajstić information content (AvgIpc) is 2.52. The van der Waals surface area contributed by atoms with Gasteiger partial charge in [-0.2, -0.15) is 0 Å². The number of carbonyl (C=O) groups is 3. The highest BCUT2D eigenvalue weighted by atomic mass is 35.5. The molecule has 7 heteroatoms. The normalized spacial score (nSPS) is 17.6. The van der Waals surface area contributed by atoms with Crippen molar-refractivity contribution >= 4 is 46.7 Å². The number of benzene rings is 1. The first kappa shape index (κ1) is 17.8. The van der Waals surface area contributed by atoms with Crippen LogP contribution in [0.3, 0.4) is 0 Å². The Morgan fingerprint density at radius 3 is 2.65 bits per heavy atom. The molecule has 2 rings (SSSR count). The van der Waals surface area contributed by atoms with Crippen LogP contribution in [-0.4, -0.2) is 35.3 Å². The number of esters is 1. The summed E-state index contributed by atoms with van der Waals surface area (Å²) < 4.78 is 5.16. The number of rotatable bonds is 6. The Balaban J connectivity index is 1.65. The molecule has 1 aromatic rings. The molecular formula is C16H18ClNO4S. The molecular weight excluding hydrogens is 338 g/mol. The second-order valence-corrected chi connectivity index (χ2v) is 6.66. The van der Waals surface area contributed by atoms with Gasteiger partial charge in [-0.3, -0.25) is 14.4 Å². The number of nitrogens with one attached hydrogen (secondary N) is 1. The van der Waals surface area contributed by atoms with Gasteiger partial charge in [0.1, 0.15) is 0 Å². The van der Waals surface area contributed by atoms with Gasteiger partial charge in [-0.1, -0.05) is 11.6 Å². The summed E-state index contributed by atoms with van der Waals surface area (Å²) in [5, 5.41) is 3.30. The molecule has 23 heavy (non-hydrogen) atoms. The monoisotopic (exact) mass is 355 g/mol. The smallest absolute Gasteiger partial charge is 0.316 e. The molecule has 1 amide bonds. The van der Waals surface area contributed by atoms with E-state index in [-0.39, 0.29) is 23.2 Å². The van der Waals surface area contributed by atoms with Gasteiger partial charge in [-0.25, -0.2) is 0 Å². The highest BCUT2D eigenvalue weighted by Crippen LogP contribution is 2.18. The minimum atomic E-state index is -0.597. The number of thioether (sulfide) groups is 1. The first-order valence-electron chi connectivity index (χ1n) is 7.40. The quantitative estimate of drug-likeness (QED) is 0.794. The summed E-state index contributed by atoms with van der Waals surface area (Å²) in [4.78, 5) is 35.0. The molecule has 1 saturated carbocycles. The Morgan fingerprint density at radius 1 is 1.22 bits per heavy atom. The Kier molecular flexibility index (Phi) is 6.92. The van der Waals surface area contributed by atoms with Crippen molar-refractivity contribution in [2.75, 3.05) is 16.8 Å². The van der Waals surface area contributed by atoms with Gasteiger partial charge in [-0.05, 0) is 43.5 Å². The van der Waals surface area contributed by atoms with Crippen molar-refractivity contribution in [3.63, 3.8) is 0 Å². The number of ketones is 1. The van der Waals surface area contributed by atoms with Gasteiger partial charge in [0.25, 0.3) is 0 Å². The number of anilines is 1. The second kappa shape index (κ2) is 8.93. The van der Waals surface area contributed by atoms with Crippen LogP contribution in [0.25, 0.3) is 0 Å². The topological polar surface area (TPSA) is 72.5 Å². The van der Waals surface area contributed by atoms with E-state index in [4.69, 9.17) is 16.3 Å². The summed E-state index contributed by atoms with van der Waals surface area (Å²) >= 11 is 6.92. The third kappa shape index (κ3) is 6.23. The van der Waals surface area contributed by atoms with E-state index in [9.17, 15) is 14.4 Å². The van der Waals surface area contributed by atoms with E-state index < -0.39 is 12.1 Å². The van der Waals surface area contributed by atoms with Crippen molar-refractivity contribution in [2.24, 2.45) is 0 Å². The first-order chi connectivity index (χ1) is 11.0. The van der Waals surface area contributed by atoms with Gasteiger partial charge in [0, 0.05) is 17.1 Å². The van der Waals surface area contributed by atoms with E-state index in [0.29, 0.717) is 23.6 Å². The SMILES string of the molecule is O=C(CSCC(=O)O[C@H]1CCCCC1=O)Nc1ccc(Cl)cc1. The van der Waals surface area contributed by atoms with Gasteiger partial charge in [0.15, 0.2) is 11.9 Å². The molecule has 5 nitrogen and oxygen atoms in total. The van der Waals surface area contributed by atoms with Crippen LogP contribution in [0.2, 0.25) is 5.02 Å². The van der Waals surface area contributed by atoms with Crippen LogP contribution in [0.4, 0.5) is 5.69 Å². The summed E-state index contributed by atoms with van der Waals surface area (Å²) in [6, 6.07) is 6.77. The number of ether oxygens (including phenoxy) is 1. The van der Waals surface area contributed by atoms with Crippen LogP contribution >= 0.6 is 23.4 Å². The van der Waals surface area contributed by atoms with Gasteiger partial charge in [0.2, 0.25) is 5.91 Å². The minimum Gasteiger partial charge on any atom is -0.454 e. The number of halogens is 1. The largest absolute Gasteiger partial charge is 0.454 e. The molecule has 0 radical (unpaired) electrons. The van der Waals surface area contributed by atoms with Crippen molar-refractivity contribution in [1.82, 2.24) is 0 Å². The first-order valence-corrected chi connectivity index (χ1v) is 8.93. The fourth-order valence-corrected chi connectivity index (χ4v) is 2.95. The molecule has 1 atom stereocenters. The maximum Gasteiger partial charge on any atom is 0.316 e. The number of hydrogen-bond donors (Lipinski definition) is 1. The van der Waals surface area contributed by atoms with Gasteiger partial charge < -0.3 is 10.1 Å². The lowest BCUT2D eigenvalue weighted by Crippen LogP contribution is -2.30. The fraction of sp³-hybridized carbons (Fsp3) is 0.438. The van der Waals surface area contributed by atoms with Crippen LogP contribution < -0.4 is 5.32 Å². The zero-order valence-corrected chi connectivity index (χ0v) is 14.1. The Morgan fingerprint density at radius 2 is 1.96 bits per heavy atom. The lowest BCUT2D eigenvalue weighted by molar-refractivity contribution is -0.154. The summed E-state index contributed by atoms with van der Waals surface area (Å²) in [5.74, 6) is -0.475. The van der Waals surface area contributed by atoms with E-state index in [2.05, 4.69) is 5.32 Å². The summed E-state index contributed by atoms with van der Waals surface area (Å²) in [6.45, 7) is 0. The summed E-state index contributed by atoms with van der Waals surface area (Å²) in [5.41, 5.74) is 0.648. The predicted octanol–water partition coefficient (Wildman–Crippen LogP) is 3.07. The standard InChI is InChI=1S/C16H18ClNO4S/c17-11-5-7-12(8-6-11)18-15(20)9-23-10-16(21)22-14-4-2-1-3-13(14)19/h5-8,14H,1-4,9-10H2,(H,18,20)/t14-/m0/s1. The predicted molar refractivity (Wildman–Crippen MR) is 90.8 cm³/mol. The van der Waals surface area contributed by atoms with Crippen molar-refractivity contribution < 1.29 is 19.1 Å². The molecule has 0 saturated heterocycles. The van der Waals surface area contributed by atoms with Gasteiger partial charge in [-0.15, -0.1) is 11.8 Å². The maximum atomic E-state index is 11.7. The van der Waals surface area contributed by atoms with Crippen molar-refractivity contribution in [3.8, 4) is 0 Å². The molecule has 0 aromatic heterocycles. The van der Waals surface area contributed by atoms with E-state index in [1.807, 2.05) is 0 Å². The third-order valence-corrected chi connectivity index (χ3v) is 4.51. The Bertz CT molecular complexity index is 576. The van der Waals surface area contributed by atoms with Crippen LogP contribution in [-0.2, 0) is 19.1 Å². The Labute approximate surface area is 144 Å². The highest BCUT2D eigenvalue weighted by Gasteiger charge is 2.25. The molecule has 1 N–H and O–H groups in total. The number of Topliss-reactive ketones (excluding diaryl/α,β-unsaturated/α-hetero) is 1. The molecule has 1 aliphatic carbocycles. The number of carbonyl (C=O) groups excluding carboxylic acids is 3. The number of hydrogen-bond acceptors (Lipinski definition) is 5. The van der Waals surface area contributed by atoms with Crippen molar-refractivity contribution in [1.29, 1.82) is 0 Å². The van der Waals surface area contributed by atoms with Gasteiger partial charge in [0.05, 0.1) is 11.5 Å². The highest BCUT2D eigenvalue weighted by molar-refractivity contribution is 8.00. The second-order valence-electron chi connectivity index (χ2n) is 5.24. The molecule has 0 unspecified atom stereocenters. The molecule has 1 aromatic carbocycles. The molecule has 124 valence electrons. The van der Waals surface area contributed by atoms with E-state index in [1.54, 1.807) is 24.3 Å². The zero-order valence-electron chi connectivity index (χ0n) is 12.5. The Hall–Kier alpha value is -1.53. The molecule has 0 bridgehead atoms. The maximum absolute atomic E-state index is 11.7. The lowest BCUT2D eigenvalue weighted by Gasteiger charge is -2.20. The van der Waals surface area contributed by atoms with Crippen LogP contribution in [0, 0.1) is 0 Å². The summed E-state index contributed by atoms with van der Waals surface area (Å²) in [7, 11) is 0. The molecule has 0 spiro atoms. The number of amides is 1. The average molecular weight is 356 g/mol. The lowest BCUT2D eigenvalue weighted by atomic mass is 9.96. The van der Waals surface area contributed by atoms with Crippen LogP contribution in [0.5, 0.6) is 0 Å². The molecule has 0 heterocycles. The van der Waals surface area contributed by atoms with Gasteiger partial charge >= 0.3 is 5.97 Å². The van der Waals surface area contributed by atoms with Crippen molar-refractivity contribution in [2.45, 2.75) is 31.8 Å². The molecule has 0 aliphatic heterocycles. The van der Waals surface area contributed by atoms with E-state index >= 15 is 0 Å². The van der Waals surface area contributed by atoms with Crippen LogP contribution in [0.15, 0.2) is 24.3 Å². The zero-order chi connectivity index (χ0) is 16.7. The van der Waals surface area contributed by atoms with E-state index in [0.717, 1.165) is 24.6 Å². The van der Waals surface area contributed by atoms with E-state index in [1.165, 1.54) is 0 Å². The van der Waals surface area contributed by atoms with Crippen molar-refractivity contribution in [3.05, 3.63) is 29.3 Å². The minimum absolute atomic E-state index is 0.00455. The fourth-order valence-electron chi connectivity index (χ4n) is 2.23. The summed E-state index contributed by atoms with van der Waals surface area (Å²) in [6.07, 6.45) is 2.26. The third-order valence-electron chi connectivity index (χ3n) is 3.35. The van der Waals surface area contributed by atoms with Crippen LogP contribution in [0.1, 0.15) is 25.7 Å². The molecule has 1 aliphatic rings. The molecule has 1 fully saturated rings.